The summed E-state index contributed by atoms with van der Waals surface area (Å²) in [5, 5.41) is 87.3. The van der Waals surface area contributed by atoms with Crippen molar-refractivity contribution in [2.45, 2.75) is 344 Å². The second kappa shape index (κ2) is 51.4. The second-order valence-corrected chi connectivity index (χ2v) is 23.2. The van der Waals surface area contributed by atoms with Gasteiger partial charge in [-0.3, -0.25) is 4.79 Å². The number of ether oxygens (including phenoxy) is 4. The smallest absolute Gasteiger partial charge is 0.220 e. The summed E-state index contributed by atoms with van der Waals surface area (Å²) in [5.41, 5.74) is 0. The fraction of sp³-hybridized carbons (Fsp3) is 0.864. The Morgan fingerprint density at radius 3 is 1.26 bits per heavy atom. The van der Waals surface area contributed by atoms with Crippen LogP contribution in [0, 0.1) is 0 Å². The average Bonchev–Trinajstić information content (AvgIpc) is 3.46. The molecule has 2 fully saturated rings. The number of nitrogens with one attached hydrogen (secondary N) is 1. The SMILES string of the molecule is CCCCCCC/C=C\C/C=C\C/C=C\CCCCCCCCCCCCCCCCC(=O)NC(COC1OC(CO)C(OC2OC(CO)C(O)C(O)C2O)C(O)C1O)C(O)/C=C/CCCCCCCCCCCCCCCCC. The molecule has 0 aromatic rings. The number of hydrogen-bond donors (Lipinski definition) is 9. The van der Waals surface area contributed by atoms with Crippen LogP contribution in [-0.4, -0.2) is 140 Å². The molecule has 0 aromatic carbocycles. The van der Waals surface area contributed by atoms with E-state index in [2.05, 4.69) is 55.6 Å². The molecule has 2 saturated heterocycles. The minimum atomic E-state index is -1.79. The zero-order valence-corrected chi connectivity index (χ0v) is 50.6. The molecule has 80 heavy (non-hydrogen) atoms. The first kappa shape index (κ1) is 74.1. The van der Waals surface area contributed by atoms with E-state index in [4.69, 9.17) is 18.9 Å². The lowest BCUT2D eigenvalue weighted by molar-refractivity contribution is -0.359. The molecule has 2 aliphatic rings. The van der Waals surface area contributed by atoms with Gasteiger partial charge in [0, 0.05) is 6.42 Å². The number of carbonyl (C=O) groups excluding carboxylic acids is 1. The molecule has 9 N–H and O–H groups in total. The van der Waals surface area contributed by atoms with Crippen LogP contribution in [0.2, 0.25) is 0 Å². The number of allylic oxidation sites excluding steroid dienone is 7. The summed E-state index contributed by atoms with van der Waals surface area (Å²) >= 11 is 0. The average molecular weight is 1140 g/mol. The normalized spacial score (nSPS) is 24.5. The molecule has 0 aromatic heterocycles. The molecule has 12 atom stereocenters. The minimum Gasteiger partial charge on any atom is -0.394 e. The second-order valence-electron chi connectivity index (χ2n) is 23.2. The monoisotopic (exact) mass is 1140 g/mol. The molecule has 468 valence electrons. The van der Waals surface area contributed by atoms with Gasteiger partial charge in [-0.25, -0.2) is 0 Å². The summed E-state index contributed by atoms with van der Waals surface area (Å²) in [6.07, 6.45) is 48.6. The molecule has 2 rings (SSSR count). The van der Waals surface area contributed by atoms with Crippen molar-refractivity contribution >= 4 is 5.91 Å². The van der Waals surface area contributed by atoms with Gasteiger partial charge in [0.2, 0.25) is 5.91 Å². The van der Waals surface area contributed by atoms with E-state index in [1.165, 1.54) is 193 Å². The highest BCUT2D eigenvalue weighted by Crippen LogP contribution is 2.30. The van der Waals surface area contributed by atoms with Crippen LogP contribution in [0.4, 0.5) is 0 Å². The molecule has 14 heteroatoms. The fourth-order valence-electron chi connectivity index (χ4n) is 10.7. The van der Waals surface area contributed by atoms with Crippen molar-refractivity contribution in [3.63, 3.8) is 0 Å². The Balaban J connectivity index is 1.69. The molecule has 0 radical (unpaired) electrons. The van der Waals surface area contributed by atoms with E-state index in [-0.39, 0.29) is 18.9 Å². The van der Waals surface area contributed by atoms with Gasteiger partial charge in [0.05, 0.1) is 32.0 Å². The number of unbranched alkanes of at least 4 members (excludes halogenated alkanes) is 34. The highest BCUT2D eigenvalue weighted by molar-refractivity contribution is 5.76. The molecule has 2 heterocycles. The van der Waals surface area contributed by atoms with Crippen molar-refractivity contribution in [2.24, 2.45) is 0 Å². The fourth-order valence-corrected chi connectivity index (χ4v) is 10.7. The Kier molecular flexibility index (Phi) is 47.6. The number of hydrogen-bond acceptors (Lipinski definition) is 13. The van der Waals surface area contributed by atoms with Gasteiger partial charge >= 0.3 is 0 Å². The van der Waals surface area contributed by atoms with Crippen LogP contribution in [0.5, 0.6) is 0 Å². The summed E-state index contributed by atoms with van der Waals surface area (Å²) in [6, 6.07) is -0.916. The molecule has 0 bridgehead atoms. The zero-order chi connectivity index (χ0) is 58.1. The van der Waals surface area contributed by atoms with Gasteiger partial charge in [0.1, 0.15) is 48.8 Å². The molecule has 2 aliphatic heterocycles. The number of aliphatic hydroxyl groups is 8. The van der Waals surface area contributed by atoms with E-state index in [1.807, 2.05) is 6.08 Å². The summed E-state index contributed by atoms with van der Waals surface area (Å²) in [6.45, 7) is 2.81. The molecule has 12 unspecified atom stereocenters. The van der Waals surface area contributed by atoms with E-state index in [0.717, 1.165) is 51.4 Å². The van der Waals surface area contributed by atoms with Crippen molar-refractivity contribution in [2.75, 3.05) is 19.8 Å². The first-order valence-electron chi connectivity index (χ1n) is 32.9. The van der Waals surface area contributed by atoms with Crippen LogP contribution in [0.3, 0.4) is 0 Å². The maximum atomic E-state index is 13.3. The Labute approximate surface area is 486 Å². The largest absolute Gasteiger partial charge is 0.394 e. The van der Waals surface area contributed by atoms with Crippen LogP contribution in [0.1, 0.15) is 271 Å². The Morgan fingerprint density at radius 1 is 0.450 bits per heavy atom. The quantitative estimate of drug-likeness (QED) is 0.0204. The number of rotatable bonds is 53. The minimum absolute atomic E-state index is 0.238. The zero-order valence-electron chi connectivity index (χ0n) is 50.6. The first-order chi connectivity index (χ1) is 39.1. The third-order valence-electron chi connectivity index (χ3n) is 16.0. The highest BCUT2D eigenvalue weighted by Gasteiger charge is 2.51. The van der Waals surface area contributed by atoms with E-state index in [9.17, 15) is 45.6 Å². The van der Waals surface area contributed by atoms with Gasteiger partial charge in [-0.05, 0) is 57.8 Å². The highest BCUT2D eigenvalue weighted by atomic mass is 16.7. The third kappa shape index (κ3) is 35.9. The lowest BCUT2D eigenvalue weighted by Crippen LogP contribution is -2.65. The molecule has 0 aliphatic carbocycles. The van der Waals surface area contributed by atoms with E-state index in [1.54, 1.807) is 6.08 Å². The Hall–Kier alpha value is -2.05. The number of amides is 1. The Bertz CT molecular complexity index is 1530. The van der Waals surface area contributed by atoms with Crippen molar-refractivity contribution < 1.29 is 64.6 Å². The van der Waals surface area contributed by atoms with Gasteiger partial charge in [-0.1, -0.05) is 255 Å². The molecule has 0 saturated carbocycles. The van der Waals surface area contributed by atoms with Gasteiger partial charge in [-0.2, -0.15) is 0 Å². The maximum Gasteiger partial charge on any atom is 0.220 e. The standard InChI is InChI=1S/C66H121NO13/c1-3-5-7-9-11-13-15-17-19-21-22-23-24-25-26-27-28-29-30-31-32-34-36-38-40-42-44-46-48-50-58(71)67-54(55(70)49-47-45-43-41-39-37-35-33-20-18-16-14-12-10-8-6-4-2)53-77-65-63(76)61(74)64(57(52-69)79-65)80-66-62(75)60(73)59(72)56(51-68)78-66/h15,17,21-22,24-25,47,49,54-57,59-66,68-70,72-76H,3-14,16,18-20,23,26-46,48,50-53H2,1-2H3,(H,67,71)/b17-15-,22-21-,25-24-,49-47+. The van der Waals surface area contributed by atoms with Crippen LogP contribution < -0.4 is 5.32 Å². The molecular formula is C66H121NO13. The van der Waals surface area contributed by atoms with Crippen LogP contribution >= 0.6 is 0 Å². The van der Waals surface area contributed by atoms with Crippen LogP contribution in [0.25, 0.3) is 0 Å². The van der Waals surface area contributed by atoms with E-state index >= 15 is 0 Å². The third-order valence-corrected chi connectivity index (χ3v) is 16.0. The van der Waals surface area contributed by atoms with Crippen molar-refractivity contribution in [3.8, 4) is 0 Å². The topological polar surface area (TPSA) is 228 Å². The van der Waals surface area contributed by atoms with Gasteiger partial charge in [-0.15, -0.1) is 0 Å². The molecule has 14 nitrogen and oxygen atoms in total. The molecule has 1 amide bonds. The van der Waals surface area contributed by atoms with Gasteiger partial charge in [0.25, 0.3) is 0 Å². The lowest BCUT2D eigenvalue weighted by Gasteiger charge is -2.46. The number of carbonyl (C=O) groups is 1. The van der Waals surface area contributed by atoms with E-state index < -0.39 is 86.8 Å². The van der Waals surface area contributed by atoms with Crippen molar-refractivity contribution in [1.82, 2.24) is 5.32 Å². The van der Waals surface area contributed by atoms with Crippen LogP contribution in [-0.2, 0) is 23.7 Å². The molecular weight excluding hydrogens is 1010 g/mol. The predicted octanol–water partition coefficient (Wildman–Crippen LogP) is 12.3. The number of aliphatic hydroxyl groups excluding tert-OH is 8. The van der Waals surface area contributed by atoms with Gasteiger partial charge in [0.15, 0.2) is 12.6 Å². The summed E-state index contributed by atoms with van der Waals surface area (Å²) in [5.74, 6) is -0.238. The van der Waals surface area contributed by atoms with Gasteiger partial charge < -0.3 is 65.1 Å². The first-order valence-corrected chi connectivity index (χ1v) is 32.9. The predicted molar refractivity (Wildman–Crippen MR) is 323 cm³/mol. The summed E-state index contributed by atoms with van der Waals surface area (Å²) < 4.78 is 22.8. The lowest BCUT2D eigenvalue weighted by atomic mass is 9.97. The van der Waals surface area contributed by atoms with Crippen molar-refractivity contribution in [1.29, 1.82) is 0 Å². The molecule has 0 spiro atoms. The van der Waals surface area contributed by atoms with E-state index in [0.29, 0.717) is 6.42 Å². The van der Waals surface area contributed by atoms with Crippen molar-refractivity contribution in [3.05, 3.63) is 48.6 Å². The van der Waals surface area contributed by atoms with Crippen LogP contribution in [0.15, 0.2) is 48.6 Å². The summed E-state index contributed by atoms with van der Waals surface area (Å²) in [4.78, 5) is 13.3. The summed E-state index contributed by atoms with van der Waals surface area (Å²) in [7, 11) is 0. The maximum absolute atomic E-state index is 13.3. The Morgan fingerprint density at radius 2 is 0.825 bits per heavy atom.